The average Bonchev–Trinajstić information content (AvgIpc) is 3.71. The summed E-state index contributed by atoms with van der Waals surface area (Å²) < 4.78 is 0. The van der Waals surface area contributed by atoms with Crippen molar-refractivity contribution in [2.24, 2.45) is 5.92 Å². The molecule has 1 N–H and O–H groups in total. The second-order valence-corrected chi connectivity index (χ2v) is 12.1. The van der Waals surface area contributed by atoms with Crippen LogP contribution in [-0.4, -0.2) is 24.1 Å². The van der Waals surface area contributed by atoms with Gasteiger partial charge in [-0.2, -0.15) is 0 Å². The lowest BCUT2D eigenvalue weighted by molar-refractivity contribution is 0.0974. The number of ketones is 1. The number of carbonyl (C=O) groups is 3. The van der Waals surface area contributed by atoms with Crippen molar-refractivity contribution in [2.45, 2.75) is 45.4 Å². The van der Waals surface area contributed by atoms with Gasteiger partial charge in [-0.3, -0.25) is 14.4 Å². The van der Waals surface area contributed by atoms with Crippen LogP contribution in [0.25, 0.3) is 10.4 Å². The lowest BCUT2D eigenvalue weighted by Crippen LogP contribution is -2.32. The molecule has 1 aliphatic carbocycles. The maximum Gasteiger partial charge on any atom is 0.258 e. The molecular formula is C34H32N2O3S. The minimum absolute atomic E-state index is 0.0873. The van der Waals surface area contributed by atoms with Crippen molar-refractivity contribution in [1.82, 2.24) is 0 Å². The van der Waals surface area contributed by atoms with Gasteiger partial charge in [0.05, 0.1) is 10.6 Å². The Morgan fingerprint density at radius 2 is 1.68 bits per heavy atom. The number of amides is 2. The monoisotopic (exact) mass is 548 g/mol. The first kappa shape index (κ1) is 26.2. The van der Waals surface area contributed by atoms with Crippen LogP contribution in [0.2, 0.25) is 0 Å². The third-order valence-corrected chi connectivity index (χ3v) is 9.01. The molecule has 2 aliphatic rings. The van der Waals surface area contributed by atoms with Gasteiger partial charge in [0.25, 0.3) is 11.8 Å². The highest BCUT2D eigenvalue weighted by Crippen LogP contribution is 2.43. The number of thiophene rings is 1. The molecule has 1 saturated carbocycles. The minimum Gasteiger partial charge on any atom is -0.322 e. The van der Waals surface area contributed by atoms with Crippen molar-refractivity contribution < 1.29 is 14.4 Å². The fourth-order valence-corrected chi connectivity index (χ4v) is 6.58. The molecule has 0 saturated heterocycles. The summed E-state index contributed by atoms with van der Waals surface area (Å²) in [6.45, 7) is 4.67. The van der Waals surface area contributed by atoms with Gasteiger partial charge >= 0.3 is 0 Å². The summed E-state index contributed by atoms with van der Waals surface area (Å²) in [5.41, 5.74) is 5.83. The van der Waals surface area contributed by atoms with Gasteiger partial charge in [0.1, 0.15) is 0 Å². The van der Waals surface area contributed by atoms with E-state index in [1.54, 1.807) is 35.6 Å². The molecule has 0 spiro atoms. The third-order valence-electron chi connectivity index (χ3n) is 7.76. The van der Waals surface area contributed by atoms with Gasteiger partial charge in [0.15, 0.2) is 5.78 Å². The molecule has 3 aromatic carbocycles. The van der Waals surface area contributed by atoms with E-state index < -0.39 is 0 Å². The zero-order valence-electron chi connectivity index (χ0n) is 22.8. The maximum absolute atomic E-state index is 13.8. The average molecular weight is 549 g/mol. The molecule has 2 heterocycles. The zero-order chi connectivity index (χ0) is 27.8. The van der Waals surface area contributed by atoms with Gasteiger partial charge in [-0.1, -0.05) is 50.2 Å². The molecule has 0 atom stereocenters. The minimum atomic E-state index is -0.161. The summed E-state index contributed by atoms with van der Waals surface area (Å²) in [4.78, 5) is 43.3. The Labute approximate surface area is 238 Å². The number of nitrogens with one attached hydrogen (secondary N) is 1. The molecular weight excluding hydrogens is 516 g/mol. The van der Waals surface area contributed by atoms with Crippen LogP contribution in [-0.2, 0) is 6.42 Å². The van der Waals surface area contributed by atoms with Crippen LogP contribution in [0.15, 0.2) is 78.9 Å². The van der Waals surface area contributed by atoms with Gasteiger partial charge < -0.3 is 10.2 Å². The highest BCUT2D eigenvalue weighted by molar-refractivity contribution is 7.17. The number of hydrogen-bond acceptors (Lipinski definition) is 4. The first-order chi connectivity index (χ1) is 19.4. The Hall–Kier alpha value is -4.03. The topological polar surface area (TPSA) is 66.5 Å². The van der Waals surface area contributed by atoms with Crippen molar-refractivity contribution in [2.75, 3.05) is 16.8 Å². The number of para-hydroxylation sites is 1. The van der Waals surface area contributed by atoms with Crippen LogP contribution in [0.4, 0.5) is 11.4 Å². The van der Waals surface area contributed by atoms with Crippen molar-refractivity contribution in [3.63, 3.8) is 0 Å². The molecule has 6 rings (SSSR count). The molecule has 4 aromatic rings. The number of anilines is 2. The van der Waals surface area contributed by atoms with Crippen LogP contribution in [0.5, 0.6) is 0 Å². The Kier molecular flexibility index (Phi) is 7.11. The highest BCUT2D eigenvalue weighted by Gasteiger charge is 2.29. The molecule has 1 fully saturated rings. The Balaban J connectivity index is 1.21. The number of rotatable bonds is 7. The number of benzene rings is 3. The smallest absolute Gasteiger partial charge is 0.258 e. The van der Waals surface area contributed by atoms with E-state index in [1.165, 1.54) is 0 Å². The van der Waals surface area contributed by atoms with E-state index in [0.29, 0.717) is 42.1 Å². The van der Waals surface area contributed by atoms with Crippen LogP contribution in [0.3, 0.4) is 0 Å². The molecule has 2 amide bonds. The Bertz CT molecular complexity index is 1600. The van der Waals surface area contributed by atoms with E-state index in [9.17, 15) is 14.4 Å². The maximum atomic E-state index is 13.8. The van der Waals surface area contributed by atoms with E-state index in [0.717, 1.165) is 45.0 Å². The molecule has 0 radical (unpaired) electrons. The molecule has 40 heavy (non-hydrogen) atoms. The fraction of sp³-hybridized carbons (Fsp3) is 0.265. The quantitative estimate of drug-likeness (QED) is 0.238. The van der Waals surface area contributed by atoms with Crippen molar-refractivity contribution in [3.05, 3.63) is 106 Å². The summed E-state index contributed by atoms with van der Waals surface area (Å²) in [7, 11) is 0. The zero-order valence-corrected chi connectivity index (χ0v) is 23.6. The predicted octanol–water partition coefficient (Wildman–Crippen LogP) is 7.98. The van der Waals surface area contributed by atoms with Crippen LogP contribution in [0, 0.1) is 5.92 Å². The summed E-state index contributed by atoms with van der Waals surface area (Å²) in [6.07, 6.45) is 3.66. The molecule has 1 aromatic heterocycles. The standard InChI is InChI=1S/C34H32N2O3S/c1-21(2)26-7-3-4-8-27(26)33(38)35-25-15-13-23(14-16-25)34(39)36-18-17-24-20-31(30(37)19-22-11-12-22)40-32(24)28-9-5-6-10-29(28)36/h3-10,13-16,20-22H,11-12,17-19H2,1-2H3,(H,35,38). The molecule has 6 heteroatoms. The second-order valence-electron chi connectivity index (χ2n) is 11.0. The lowest BCUT2D eigenvalue weighted by Gasteiger charge is -2.23. The normalized spacial score (nSPS) is 14.3. The van der Waals surface area contributed by atoms with E-state index in [-0.39, 0.29) is 23.5 Å². The van der Waals surface area contributed by atoms with Gasteiger partial charge in [0, 0.05) is 40.2 Å². The first-order valence-corrected chi connectivity index (χ1v) is 14.8. The van der Waals surface area contributed by atoms with Crippen molar-refractivity contribution in [1.29, 1.82) is 0 Å². The van der Waals surface area contributed by atoms with Gasteiger partial charge in [-0.15, -0.1) is 11.3 Å². The molecule has 1 aliphatic heterocycles. The van der Waals surface area contributed by atoms with E-state index >= 15 is 0 Å². The number of carbonyl (C=O) groups excluding carboxylic acids is 3. The first-order valence-electron chi connectivity index (χ1n) is 14.0. The summed E-state index contributed by atoms with van der Waals surface area (Å²) in [5, 5.41) is 2.97. The number of hydrogen-bond donors (Lipinski definition) is 1. The summed E-state index contributed by atoms with van der Waals surface area (Å²) in [6, 6.07) is 24.7. The van der Waals surface area contributed by atoms with Gasteiger partial charge in [-0.25, -0.2) is 0 Å². The SMILES string of the molecule is CC(C)c1ccccc1C(=O)Nc1ccc(C(=O)N2CCc3cc(C(=O)CC4CC4)sc3-c3ccccc32)cc1. The molecule has 5 nitrogen and oxygen atoms in total. The van der Waals surface area contributed by atoms with Crippen LogP contribution in [0.1, 0.15) is 80.5 Å². The van der Waals surface area contributed by atoms with Crippen molar-refractivity contribution in [3.8, 4) is 10.4 Å². The Morgan fingerprint density at radius 3 is 2.42 bits per heavy atom. The second kappa shape index (κ2) is 10.9. The fourth-order valence-electron chi connectivity index (χ4n) is 5.39. The number of fused-ring (bicyclic) bond motifs is 3. The summed E-state index contributed by atoms with van der Waals surface area (Å²) in [5.74, 6) is 0.788. The van der Waals surface area contributed by atoms with E-state index in [1.807, 2.05) is 59.5 Å². The molecule has 202 valence electrons. The van der Waals surface area contributed by atoms with Crippen molar-refractivity contribution >= 4 is 40.3 Å². The Morgan fingerprint density at radius 1 is 0.950 bits per heavy atom. The van der Waals surface area contributed by atoms with Gasteiger partial charge in [0.2, 0.25) is 0 Å². The van der Waals surface area contributed by atoms with Crippen LogP contribution < -0.4 is 10.2 Å². The third kappa shape index (κ3) is 5.24. The highest BCUT2D eigenvalue weighted by atomic mass is 32.1. The number of Topliss-reactive ketones (excluding diaryl/α,β-unsaturated/α-hetero) is 1. The molecule has 0 bridgehead atoms. The lowest BCUT2D eigenvalue weighted by atomic mass is 9.97. The predicted molar refractivity (Wildman–Crippen MR) is 162 cm³/mol. The summed E-state index contributed by atoms with van der Waals surface area (Å²) >= 11 is 1.56. The van der Waals surface area contributed by atoms with Crippen LogP contribution >= 0.6 is 11.3 Å². The number of nitrogens with zero attached hydrogens (tertiary/aromatic N) is 1. The van der Waals surface area contributed by atoms with Gasteiger partial charge in [-0.05, 0) is 84.7 Å². The largest absolute Gasteiger partial charge is 0.322 e. The van der Waals surface area contributed by atoms with E-state index in [2.05, 4.69) is 19.2 Å². The van der Waals surface area contributed by atoms with E-state index in [4.69, 9.17) is 0 Å². The molecule has 0 unspecified atom stereocenters.